The van der Waals surface area contributed by atoms with Crippen molar-refractivity contribution < 1.29 is 4.79 Å². The van der Waals surface area contributed by atoms with Crippen LogP contribution in [0.1, 0.15) is 23.6 Å². The van der Waals surface area contributed by atoms with Crippen LogP contribution >= 0.6 is 0 Å². The summed E-state index contributed by atoms with van der Waals surface area (Å²) in [5.41, 5.74) is 4.65. The second-order valence-corrected chi connectivity index (χ2v) is 8.32. The first-order valence-electron chi connectivity index (χ1n) is 11.3. The van der Waals surface area contributed by atoms with Crippen LogP contribution in [0.25, 0.3) is 11.0 Å². The van der Waals surface area contributed by atoms with Crippen molar-refractivity contribution in [1.29, 1.82) is 0 Å². The predicted molar refractivity (Wildman–Crippen MR) is 127 cm³/mol. The second-order valence-electron chi connectivity index (χ2n) is 8.32. The van der Waals surface area contributed by atoms with Crippen LogP contribution in [-0.4, -0.2) is 51.4 Å². The molecule has 32 heavy (non-hydrogen) atoms. The molecule has 0 unspecified atom stereocenters. The molecule has 1 aliphatic rings. The van der Waals surface area contributed by atoms with Crippen molar-refractivity contribution in [3.8, 4) is 0 Å². The highest BCUT2D eigenvalue weighted by Gasteiger charge is 2.28. The zero-order valence-electron chi connectivity index (χ0n) is 18.2. The third kappa shape index (κ3) is 4.30. The number of carbonyl (C=O) groups excluding carboxylic acids is 1. The van der Waals surface area contributed by atoms with Crippen molar-refractivity contribution in [3.05, 3.63) is 102 Å². The van der Waals surface area contributed by atoms with E-state index in [9.17, 15) is 4.79 Å². The maximum atomic E-state index is 12.9. The average Bonchev–Trinajstić information content (AvgIpc) is 3.28. The lowest BCUT2D eigenvalue weighted by Crippen LogP contribution is -2.50. The molecule has 5 heteroatoms. The third-order valence-corrected chi connectivity index (χ3v) is 6.36. The standard InChI is InChI=1S/C27H28N4O/c32-26(15-16-31-21-28-24-13-7-8-14-25(24)31)29-17-19-30(20-18-29)27(22-9-3-1-4-10-22)23-11-5-2-6-12-23/h1-14,21,27H,15-20H2. The summed E-state index contributed by atoms with van der Waals surface area (Å²) in [7, 11) is 0. The van der Waals surface area contributed by atoms with Gasteiger partial charge in [0.2, 0.25) is 5.91 Å². The molecule has 0 atom stereocenters. The Morgan fingerprint density at radius 3 is 2.03 bits per heavy atom. The number of hydrogen-bond donors (Lipinski definition) is 0. The summed E-state index contributed by atoms with van der Waals surface area (Å²) in [5, 5.41) is 0. The minimum Gasteiger partial charge on any atom is -0.340 e. The molecule has 162 valence electrons. The van der Waals surface area contributed by atoms with Gasteiger partial charge in [0.15, 0.2) is 0 Å². The van der Waals surface area contributed by atoms with Gasteiger partial charge in [0.1, 0.15) is 0 Å². The van der Waals surface area contributed by atoms with Crippen LogP contribution < -0.4 is 0 Å². The van der Waals surface area contributed by atoms with Crippen molar-refractivity contribution in [2.24, 2.45) is 0 Å². The third-order valence-electron chi connectivity index (χ3n) is 6.36. The van der Waals surface area contributed by atoms with E-state index in [1.807, 2.05) is 29.4 Å². The summed E-state index contributed by atoms with van der Waals surface area (Å²) in [6.45, 7) is 3.93. The molecule has 0 bridgehead atoms. The number of amides is 1. The molecule has 2 heterocycles. The first kappa shape index (κ1) is 20.5. The van der Waals surface area contributed by atoms with Crippen molar-refractivity contribution >= 4 is 16.9 Å². The average molecular weight is 425 g/mol. The number of aromatic nitrogens is 2. The maximum absolute atomic E-state index is 12.9. The van der Waals surface area contributed by atoms with E-state index >= 15 is 0 Å². The SMILES string of the molecule is O=C(CCn1cnc2ccccc21)N1CCN(C(c2ccccc2)c2ccccc2)CC1. The lowest BCUT2D eigenvalue weighted by Gasteiger charge is -2.40. The smallest absolute Gasteiger partial charge is 0.224 e. The highest BCUT2D eigenvalue weighted by Crippen LogP contribution is 2.29. The van der Waals surface area contributed by atoms with Crippen molar-refractivity contribution in [1.82, 2.24) is 19.4 Å². The van der Waals surface area contributed by atoms with Crippen LogP contribution in [0.3, 0.4) is 0 Å². The van der Waals surface area contributed by atoms with Crippen LogP contribution in [0.4, 0.5) is 0 Å². The number of carbonyl (C=O) groups is 1. The summed E-state index contributed by atoms with van der Waals surface area (Å²) >= 11 is 0. The van der Waals surface area contributed by atoms with Gasteiger partial charge in [-0.2, -0.15) is 0 Å². The van der Waals surface area contributed by atoms with Gasteiger partial charge in [-0.1, -0.05) is 72.8 Å². The minimum absolute atomic E-state index is 0.215. The number of rotatable bonds is 6. The monoisotopic (exact) mass is 424 g/mol. The lowest BCUT2D eigenvalue weighted by molar-refractivity contribution is -0.133. The molecule has 0 spiro atoms. The van der Waals surface area contributed by atoms with E-state index in [-0.39, 0.29) is 11.9 Å². The van der Waals surface area contributed by atoms with Gasteiger partial charge in [-0.25, -0.2) is 4.98 Å². The van der Waals surface area contributed by atoms with Crippen molar-refractivity contribution in [2.75, 3.05) is 26.2 Å². The number of hydrogen-bond acceptors (Lipinski definition) is 3. The van der Waals surface area contributed by atoms with Crippen molar-refractivity contribution in [3.63, 3.8) is 0 Å². The molecule has 0 radical (unpaired) electrons. The van der Waals surface area contributed by atoms with Crippen LogP contribution in [0, 0.1) is 0 Å². The molecule has 0 N–H and O–H groups in total. The van der Waals surface area contributed by atoms with Gasteiger partial charge in [-0.3, -0.25) is 9.69 Å². The predicted octanol–water partition coefficient (Wildman–Crippen LogP) is 4.36. The fraction of sp³-hybridized carbons (Fsp3) is 0.259. The van der Waals surface area contributed by atoms with E-state index in [1.165, 1.54) is 11.1 Å². The Balaban J connectivity index is 1.23. The number of nitrogens with zero attached hydrogens (tertiary/aromatic N) is 4. The molecule has 0 saturated carbocycles. The Morgan fingerprint density at radius 2 is 1.38 bits per heavy atom. The molecule has 5 rings (SSSR count). The molecule has 0 aliphatic carbocycles. The Bertz CT molecular complexity index is 1120. The minimum atomic E-state index is 0.215. The number of aryl methyl sites for hydroxylation is 1. The number of imidazole rings is 1. The molecule has 5 nitrogen and oxygen atoms in total. The number of para-hydroxylation sites is 2. The van der Waals surface area contributed by atoms with E-state index in [4.69, 9.17) is 0 Å². The van der Waals surface area contributed by atoms with Gasteiger partial charge in [0, 0.05) is 39.1 Å². The Morgan fingerprint density at radius 1 is 0.781 bits per heavy atom. The zero-order chi connectivity index (χ0) is 21.8. The fourth-order valence-electron chi connectivity index (χ4n) is 4.68. The van der Waals surface area contributed by atoms with Gasteiger partial charge < -0.3 is 9.47 Å². The highest BCUT2D eigenvalue weighted by molar-refractivity contribution is 5.77. The summed E-state index contributed by atoms with van der Waals surface area (Å²) in [6.07, 6.45) is 2.33. The Labute approximate surface area is 188 Å². The van der Waals surface area contributed by atoms with Gasteiger partial charge in [-0.05, 0) is 23.3 Å². The largest absolute Gasteiger partial charge is 0.340 e. The van der Waals surface area contributed by atoms with E-state index in [1.54, 1.807) is 0 Å². The first-order valence-corrected chi connectivity index (χ1v) is 11.3. The first-order chi connectivity index (χ1) is 15.8. The van der Waals surface area contributed by atoms with Gasteiger partial charge in [0.05, 0.1) is 23.4 Å². The van der Waals surface area contributed by atoms with E-state index in [0.717, 1.165) is 37.2 Å². The highest BCUT2D eigenvalue weighted by atomic mass is 16.2. The van der Waals surface area contributed by atoms with E-state index < -0.39 is 0 Å². The summed E-state index contributed by atoms with van der Waals surface area (Å²) in [4.78, 5) is 21.9. The number of benzene rings is 3. The summed E-state index contributed by atoms with van der Waals surface area (Å²) in [5.74, 6) is 0.221. The Hall–Kier alpha value is -3.44. The quantitative estimate of drug-likeness (QED) is 0.462. The van der Waals surface area contributed by atoms with Crippen LogP contribution in [0.5, 0.6) is 0 Å². The molecule has 4 aromatic rings. The molecule has 1 fully saturated rings. The number of piperazine rings is 1. The molecule has 3 aromatic carbocycles. The zero-order valence-corrected chi connectivity index (χ0v) is 18.2. The molecular weight excluding hydrogens is 396 g/mol. The van der Waals surface area contributed by atoms with Crippen LogP contribution in [0.2, 0.25) is 0 Å². The molecule has 1 aromatic heterocycles. The molecule has 1 amide bonds. The second kappa shape index (κ2) is 9.37. The fourth-order valence-corrected chi connectivity index (χ4v) is 4.68. The summed E-state index contributed by atoms with van der Waals surface area (Å²) in [6, 6.07) is 29.6. The van der Waals surface area contributed by atoms with E-state index in [2.05, 4.69) is 81.2 Å². The summed E-state index contributed by atoms with van der Waals surface area (Å²) < 4.78 is 2.07. The Kier molecular flexibility index (Phi) is 5.99. The normalized spacial score (nSPS) is 14.8. The van der Waals surface area contributed by atoms with Crippen LogP contribution in [0.15, 0.2) is 91.3 Å². The van der Waals surface area contributed by atoms with Gasteiger partial charge in [0.25, 0.3) is 0 Å². The molecule has 1 saturated heterocycles. The molecule has 1 aliphatic heterocycles. The topological polar surface area (TPSA) is 41.4 Å². The van der Waals surface area contributed by atoms with Gasteiger partial charge >= 0.3 is 0 Å². The van der Waals surface area contributed by atoms with E-state index in [0.29, 0.717) is 13.0 Å². The maximum Gasteiger partial charge on any atom is 0.224 e. The number of fused-ring (bicyclic) bond motifs is 1. The van der Waals surface area contributed by atoms with Gasteiger partial charge in [-0.15, -0.1) is 0 Å². The lowest BCUT2D eigenvalue weighted by atomic mass is 9.96. The van der Waals surface area contributed by atoms with Crippen LogP contribution in [-0.2, 0) is 11.3 Å². The molecular formula is C27H28N4O. The van der Waals surface area contributed by atoms with Crippen molar-refractivity contribution in [2.45, 2.75) is 19.0 Å².